The maximum absolute atomic E-state index is 13.7. The molecule has 0 aliphatic carbocycles. The van der Waals surface area contributed by atoms with Gasteiger partial charge in [0.2, 0.25) is 5.91 Å². The van der Waals surface area contributed by atoms with Gasteiger partial charge in [-0.15, -0.1) is 0 Å². The van der Waals surface area contributed by atoms with Crippen LogP contribution in [0.1, 0.15) is 11.1 Å². The van der Waals surface area contributed by atoms with Gasteiger partial charge in [0.25, 0.3) is 0 Å². The minimum absolute atomic E-state index is 0.0793. The van der Waals surface area contributed by atoms with E-state index in [4.69, 9.17) is 16.3 Å². The SMILES string of the molecule is COc1ccc(CN(C)C(=O)Cc2ccccc2Cl)cc1F. The molecule has 0 heterocycles. The molecule has 0 aromatic heterocycles. The zero-order chi connectivity index (χ0) is 16.1. The molecule has 0 atom stereocenters. The summed E-state index contributed by atoms with van der Waals surface area (Å²) >= 11 is 6.05. The summed E-state index contributed by atoms with van der Waals surface area (Å²) in [6.07, 6.45) is 0.217. The van der Waals surface area contributed by atoms with E-state index in [1.807, 2.05) is 18.2 Å². The van der Waals surface area contributed by atoms with Crippen molar-refractivity contribution in [3.63, 3.8) is 0 Å². The zero-order valence-corrected chi connectivity index (χ0v) is 13.2. The van der Waals surface area contributed by atoms with Gasteiger partial charge in [-0.2, -0.15) is 0 Å². The molecule has 0 aliphatic rings. The molecule has 0 saturated heterocycles. The second kappa shape index (κ2) is 7.27. The fraction of sp³-hybridized carbons (Fsp3) is 0.235. The zero-order valence-electron chi connectivity index (χ0n) is 12.5. The van der Waals surface area contributed by atoms with Gasteiger partial charge < -0.3 is 9.64 Å². The van der Waals surface area contributed by atoms with Crippen molar-refractivity contribution in [3.05, 3.63) is 64.4 Å². The number of carbonyl (C=O) groups excluding carboxylic acids is 1. The molecule has 0 spiro atoms. The molecule has 0 saturated carbocycles. The number of halogens is 2. The summed E-state index contributed by atoms with van der Waals surface area (Å²) in [7, 11) is 3.10. The first-order valence-corrected chi connectivity index (χ1v) is 7.19. The van der Waals surface area contributed by atoms with Gasteiger partial charge in [0.15, 0.2) is 11.6 Å². The molecular formula is C17H17ClFNO2. The van der Waals surface area contributed by atoms with Crippen LogP contribution in [-0.2, 0) is 17.8 Å². The molecule has 2 aromatic carbocycles. The van der Waals surface area contributed by atoms with E-state index in [1.165, 1.54) is 13.2 Å². The first kappa shape index (κ1) is 16.3. The summed E-state index contributed by atoms with van der Waals surface area (Å²) in [5.41, 5.74) is 1.48. The molecule has 22 heavy (non-hydrogen) atoms. The fourth-order valence-electron chi connectivity index (χ4n) is 2.11. The van der Waals surface area contributed by atoms with E-state index < -0.39 is 5.82 Å². The fourth-order valence-corrected chi connectivity index (χ4v) is 2.31. The van der Waals surface area contributed by atoms with Crippen LogP contribution in [0.15, 0.2) is 42.5 Å². The minimum Gasteiger partial charge on any atom is -0.494 e. The predicted octanol–water partition coefficient (Wildman–Crippen LogP) is 3.69. The van der Waals surface area contributed by atoms with E-state index >= 15 is 0 Å². The number of methoxy groups -OCH3 is 1. The monoisotopic (exact) mass is 321 g/mol. The Morgan fingerprint density at radius 2 is 2.00 bits per heavy atom. The summed E-state index contributed by atoms with van der Waals surface area (Å²) in [6.45, 7) is 0.324. The van der Waals surface area contributed by atoms with Crippen molar-refractivity contribution in [3.8, 4) is 5.75 Å². The van der Waals surface area contributed by atoms with Crippen molar-refractivity contribution < 1.29 is 13.9 Å². The van der Waals surface area contributed by atoms with Gasteiger partial charge in [0.05, 0.1) is 13.5 Å². The van der Waals surface area contributed by atoms with Crippen LogP contribution in [0.4, 0.5) is 4.39 Å². The van der Waals surface area contributed by atoms with Crippen LogP contribution in [0.25, 0.3) is 0 Å². The largest absolute Gasteiger partial charge is 0.494 e. The second-order valence-corrected chi connectivity index (χ2v) is 5.39. The first-order chi connectivity index (χ1) is 10.5. The van der Waals surface area contributed by atoms with Crippen LogP contribution in [0.2, 0.25) is 5.02 Å². The molecule has 0 unspecified atom stereocenters. The van der Waals surface area contributed by atoms with Gasteiger partial charge in [-0.25, -0.2) is 4.39 Å². The molecular weight excluding hydrogens is 305 g/mol. The summed E-state index contributed by atoms with van der Waals surface area (Å²) in [6, 6.07) is 11.9. The van der Waals surface area contributed by atoms with Crippen molar-refractivity contribution in [2.45, 2.75) is 13.0 Å². The number of ether oxygens (including phenoxy) is 1. The lowest BCUT2D eigenvalue weighted by Gasteiger charge is -2.18. The number of carbonyl (C=O) groups is 1. The molecule has 2 rings (SSSR count). The third-order valence-electron chi connectivity index (χ3n) is 3.36. The lowest BCUT2D eigenvalue weighted by atomic mass is 10.1. The second-order valence-electron chi connectivity index (χ2n) is 4.99. The van der Waals surface area contributed by atoms with Crippen molar-refractivity contribution in [2.75, 3.05) is 14.2 Å². The highest BCUT2D eigenvalue weighted by atomic mass is 35.5. The van der Waals surface area contributed by atoms with Gasteiger partial charge in [-0.1, -0.05) is 35.9 Å². The smallest absolute Gasteiger partial charge is 0.227 e. The third-order valence-corrected chi connectivity index (χ3v) is 3.73. The Kier molecular flexibility index (Phi) is 5.39. The van der Waals surface area contributed by atoms with Gasteiger partial charge in [-0.3, -0.25) is 4.79 Å². The Hall–Kier alpha value is -2.07. The van der Waals surface area contributed by atoms with Gasteiger partial charge in [-0.05, 0) is 29.3 Å². The molecule has 0 fully saturated rings. The molecule has 2 aromatic rings. The maximum Gasteiger partial charge on any atom is 0.227 e. The highest BCUT2D eigenvalue weighted by molar-refractivity contribution is 6.31. The topological polar surface area (TPSA) is 29.5 Å². The Morgan fingerprint density at radius 3 is 2.64 bits per heavy atom. The van der Waals surface area contributed by atoms with Crippen LogP contribution in [-0.4, -0.2) is 25.0 Å². The van der Waals surface area contributed by atoms with E-state index in [2.05, 4.69) is 0 Å². The number of nitrogens with zero attached hydrogens (tertiary/aromatic N) is 1. The molecule has 116 valence electrons. The molecule has 1 amide bonds. The molecule has 0 bridgehead atoms. The van der Waals surface area contributed by atoms with Crippen molar-refractivity contribution >= 4 is 17.5 Å². The van der Waals surface area contributed by atoms with Crippen molar-refractivity contribution in [2.24, 2.45) is 0 Å². The minimum atomic E-state index is -0.438. The number of amides is 1. The Labute approximate surface area is 134 Å². The number of hydrogen-bond donors (Lipinski definition) is 0. The van der Waals surface area contributed by atoms with Crippen molar-refractivity contribution in [1.29, 1.82) is 0 Å². The summed E-state index contributed by atoms with van der Waals surface area (Å²) in [5.74, 6) is -0.329. The summed E-state index contributed by atoms with van der Waals surface area (Å²) < 4.78 is 18.5. The number of hydrogen-bond acceptors (Lipinski definition) is 2. The van der Waals surface area contributed by atoms with Crippen LogP contribution in [0.5, 0.6) is 5.75 Å². The number of likely N-dealkylation sites (N-methyl/N-ethyl adjacent to an activating group) is 1. The molecule has 0 radical (unpaired) electrons. The standard InChI is InChI=1S/C17H17ClFNO2/c1-20(11-12-7-8-16(22-2)15(19)9-12)17(21)10-13-5-3-4-6-14(13)18/h3-9H,10-11H2,1-2H3. The van der Waals surface area contributed by atoms with Crippen molar-refractivity contribution in [1.82, 2.24) is 4.90 Å². The predicted molar refractivity (Wildman–Crippen MR) is 84.6 cm³/mol. The average molecular weight is 322 g/mol. The van der Waals surface area contributed by atoms with Crippen LogP contribution < -0.4 is 4.74 Å². The van der Waals surface area contributed by atoms with Crippen LogP contribution in [0, 0.1) is 5.82 Å². The van der Waals surface area contributed by atoms with E-state index in [9.17, 15) is 9.18 Å². The lowest BCUT2D eigenvalue weighted by molar-refractivity contribution is -0.129. The summed E-state index contributed by atoms with van der Waals surface area (Å²) in [5, 5.41) is 0.569. The molecule has 0 aliphatic heterocycles. The molecule has 0 N–H and O–H groups in total. The lowest BCUT2D eigenvalue weighted by Crippen LogP contribution is -2.27. The Bertz CT molecular complexity index is 675. The van der Waals surface area contributed by atoms with E-state index in [0.717, 1.165) is 5.56 Å². The number of rotatable bonds is 5. The summed E-state index contributed by atoms with van der Waals surface area (Å²) in [4.78, 5) is 13.8. The van der Waals surface area contributed by atoms with Gasteiger partial charge in [0.1, 0.15) is 0 Å². The van der Waals surface area contributed by atoms with Gasteiger partial charge in [0, 0.05) is 18.6 Å². The van der Waals surface area contributed by atoms with Crippen LogP contribution >= 0.6 is 11.6 Å². The maximum atomic E-state index is 13.7. The van der Waals surface area contributed by atoms with E-state index in [1.54, 1.807) is 30.1 Å². The van der Waals surface area contributed by atoms with Crippen LogP contribution in [0.3, 0.4) is 0 Å². The Morgan fingerprint density at radius 1 is 1.27 bits per heavy atom. The molecule has 5 heteroatoms. The van der Waals surface area contributed by atoms with E-state index in [0.29, 0.717) is 17.1 Å². The first-order valence-electron chi connectivity index (χ1n) is 6.81. The normalized spacial score (nSPS) is 10.4. The quantitative estimate of drug-likeness (QED) is 0.840. The van der Waals surface area contributed by atoms with Gasteiger partial charge >= 0.3 is 0 Å². The highest BCUT2D eigenvalue weighted by Crippen LogP contribution is 2.19. The molecule has 3 nitrogen and oxygen atoms in total. The average Bonchev–Trinajstić information content (AvgIpc) is 2.49. The highest BCUT2D eigenvalue weighted by Gasteiger charge is 2.13. The third kappa shape index (κ3) is 3.98. The number of benzene rings is 2. The Balaban J connectivity index is 2.02. The van der Waals surface area contributed by atoms with E-state index in [-0.39, 0.29) is 18.1 Å².